The van der Waals surface area contributed by atoms with Crippen LogP contribution in [-0.4, -0.2) is 61.2 Å². The smallest absolute Gasteiger partial charge is 0.292 e. The molecule has 0 radical (unpaired) electrons. The molecule has 4 rings (SSSR count). The molecule has 0 aliphatic carbocycles. The second kappa shape index (κ2) is 7.07. The number of aromatic nitrogens is 3. The Kier molecular flexibility index (Phi) is 4.72. The van der Waals surface area contributed by atoms with Gasteiger partial charge in [0, 0.05) is 44.4 Å². The summed E-state index contributed by atoms with van der Waals surface area (Å²) in [5.41, 5.74) is 1.12. The molecule has 2 saturated heterocycles. The molecule has 2 aromatic rings. The van der Waals surface area contributed by atoms with Crippen LogP contribution < -0.4 is 0 Å². The Labute approximate surface area is 164 Å². The van der Waals surface area contributed by atoms with Gasteiger partial charge in [-0.2, -0.15) is 5.10 Å². The number of carbonyl (C=O) groups is 2. The first kappa shape index (κ1) is 18.7. The van der Waals surface area contributed by atoms with Gasteiger partial charge in [-0.1, -0.05) is 5.16 Å². The summed E-state index contributed by atoms with van der Waals surface area (Å²) >= 11 is 0. The van der Waals surface area contributed by atoms with E-state index < -0.39 is 0 Å². The lowest BCUT2D eigenvalue weighted by Crippen LogP contribution is -2.67. The molecule has 0 saturated carbocycles. The minimum Gasteiger partial charge on any atom is -0.350 e. The minimum absolute atomic E-state index is 0.00258. The third-order valence-corrected chi connectivity index (χ3v) is 6.27. The van der Waals surface area contributed by atoms with Gasteiger partial charge in [-0.15, -0.1) is 0 Å². The zero-order chi connectivity index (χ0) is 19.9. The van der Waals surface area contributed by atoms with E-state index in [1.807, 2.05) is 22.9 Å². The highest BCUT2D eigenvalue weighted by Crippen LogP contribution is 2.39. The largest absolute Gasteiger partial charge is 0.350 e. The maximum Gasteiger partial charge on any atom is 0.292 e. The minimum atomic E-state index is -0.316. The molecule has 0 unspecified atom stereocenters. The highest BCUT2D eigenvalue weighted by Gasteiger charge is 2.50. The predicted octanol–water partition coefficient (Wildman–Crippen LogP) is 2.56. The van der Waals surface area contributed by atoms with E-state index in [9.17, 15) is 9.59 Å². The molecule has 150 valence electrons. The highest BCUT2D eigenvalue weighted by molar-refractivity contribution is 5.93. The van der Waals surface area contributed by atoms with Crippen molar-refractivity contribution in [2.75, 3.05) is 13.1 Å². The zero-order valence-electron chi connectivity index (χ0n) is 16.7. The number of amides is 2. The molecule has 28 heavy (non-hydrogen) atoms. The molecule has 0 spiro atoms. The van der Waals surface area contributed by atoms with Gasteiger partial charge in [0.2, 0.25) is 11.7 Å². The topological polar surface area (TPSA) is 84.5 Å². The van der Waals surface area contributed by atoms with Crippen molar-refractivity contribution in [2.45, 2.75) is 64.6 Å². The lowest BCUT2D eigenvalue weighted by molar-refractivity contribution is -0.143. The molecule has 2 atom stereocenters. The van der Waals surface area contributed by atoms with E-state index in [1.54, 1.807) is 23.9 Å². The normalized spacial score (nSPS) is 24.9. The molecular formula is C20H27N5O3. The second-order valence-corrected chi connectivity index (χ2v) is 7.95. The molecule has 2 fully saturated rings. The monoisotopic (exact) mass is 385 g/mol. The van der Waals surface area contributed by atoms with Crippen LogP contribution in [0.4, 0.5) is 0 Å². The zero-order valence-corrected chi connectivity index (χ0v) is 16.7. The molecule has 2 amide bonds. The Hall–Kier alpha value is -2.64. The van der Waals surface area contributed by atoms with Crippen molar-refractivity contribution < 1.29 is 14.1 Å². The summed E-state index contributed by atoms with van der Waals surface area (Å²) in [6, 6.07) is 1.69. The third-order valence-electron chi connectivity index (χ3n) is 6.27. The van der Waals surface area contributed by atoms with Crippen molar-refractivity contribution in [3.05, 3.63) is 24.2 Å². The van der Waals surface area contributed by atoms with Gasteiger partial charge in [0.15, 0.2) is 0 Å². The van der Waals surface area contributed by atoms with Crippen molar-refractivity contribution in [3.63, 3.8) is 0 Å². The number of hydrogen-bond donors (Lipinski definition) is 0. The van der Waals surface area contributed by atoms with Crippen LogP contribution in [0.1, 0.15) is 57.0 Å². The first-order valence-electron chi connectivity index (χ1n) is 10.0. The lowest BCUT2D eigenvalue weighted by atomic mass is 9.76. The third kappa shape index (κ3) is 3.00. The standard InChI is InChI=1S/C20H27N5O3/c1-4-23-13-15(12-21-23)16-11-17(28-22-16)19(27)24-9-6-8-20(3)18(24)7-5-10-25(20)14(2)26/h11-13,18H,4-10H2,1-3H3/t18-,20-/m0/s1. The Morgan fingerprint density at radius 2 is 2.14 bits per heavy atom. The Balaban J connectivity index is 1.58. The van der Waals surface area contributed by atoms with E-state index in [-0.39, 0.29) is 29.2 Å². The fourth-order valence-electron chi connectivity index (χ4n) is 4.83. The first-order chi connectivity index (χ1) is 13.4. The van der Waals surface area contributed by atoms with Crippen molar-refractivity contribution in [1.29, 1.82) is 0 Å². The molecule has 2 aliphatic heterocycles. The van der Waals surface area contributed by atoms with Gasteiger partial charge in [-0.3, -0.25) is 14.3 Å². The second-order valence-electron chi connectivity index (χ2n) is 7.95. The number of aryl methyl sites for hydroxylation is 1. The van der Waals surface area contributed by atoms with Gasteiger partial charge in [-0.05, 0) is 39.5 Å². The maximum atomic E-state index is 13.2. The summed E-state index contributed by atoms with van der Waals surface area (Å²) in [5.74, 6) is 0.169. The maximum absolute atomic E-state index is 13.2. The van der Waals surface area contributed by atoms with Gasteiger partial charge in [-0.25, -0.2) is 0 Å². The number of likely N-dealkylation sites (tertiary alicyclic amines) is 2. The summed E-state index contributed by atoms with van der Waals surface area (Å²) in [4.78, 5) is 29.3. The number of rotatable bonds is 3. The van der Waals surface area contributed by atoms with E-state index in [1.165, 1.54) is 0 Å². The quantitative estimate of drug-likeness (QED) is 0.811. The molecule has 8 nitrogen and oxygen atoms in total. The summed E-state index contributed by atoms with van der Waals surface area (Å²) in [6.07, 6.45) is 7.19. The summed E-state index contributed by atoms with van der Waals surface area (Å²) < 4.78 is 7.21. The van der Waals surface area contributed by atoms with E-state index in [2.05, 4.69) is 17.2 Å². The average molecular weight is 385 g/mol. The van der Waals surface area contributed by atoms with Crippen LogP contribution in [0.2, 0.25) is 0 Å². The molecule has 2 aliphatic rings. The number of fused-ring (bicyclic) bond motifs is 1. The Morgan fingerprint density at radius 1 is 1.32 bits per heavy atom. The highest BCUT2D eigenvalue weighted by atomic mass is 16.5. The average Bonchev–Trinajstić information content (AvgIpc) is 3.34. The van der Waals surface area contributed by atoms with Gasteiger partial charge >= 0.3 is 0 Å². The van der Waals surface area contributed by atoms with Crippen LogP contribution >= 0.6 is 0 Å². The molecule has 0 N–H and O–H groups in total. The number of hydrogen-bond acceptors (Lipinski definition) is 5. The molecule has 4 heterocycles. The molecule has 0 aromatic carbocycles. The van der Waals surface area contributed by atoms with Gasteiger partial charge in [0.25, 0.3) is 5.91 Å². The van der Waals surface area contributed by atoms with E-state index in [4.69, 9.17) is 4.52 Å². The van der Waals surface area contributed by atoms with Gasteiger partial charge in [0.1, 0.15) is 5.69 Å². The Bertz CT molecular complexity index is 888. The van der Waals surface area contributed by atoms with E-state index >= 15 is 0 Å². The van der Waals surface area contributed by atoms with Crippen molar-refractivity contribution in [3.8, 4) is 11.3 Å². The summed E-state index contributed by atoms with van der Waals surface area (Å²) in [6.45, 7) is 7.95. The van der Waals surface area contributed by atoms with Crippen molar-refractivity contribution in [2.24, 2.45) is 0 Å². The van der Waals surface area contributed by atoms with E-state index in [0.29, 0.717) is 12.2 Å². The van der Waals surface area contributed by atoms with Crippen LogP contribution in [0, 0.1) is 0 Å². The van der Waals surface area contributed by atoms with Crippen LogP contribution in [-0.2, 0) is 11.3 Å². The van der Waals surface area contributed by atoms with E-state index in [0.717, 1.165) is 44.3 Å². The molecule has 2 aromatic heterocycles. The first-order valence-corrected chi connectivity index (χ1v) is 10.0. The number of piperidine rings is 2. The lowest BCUT2D eigenvalue weighted by Gasteiger charge is -2.56. The summed E-state index contributed by atoms with van der Waals surface area (Å²) in [7, 11) is 0. The molecule has 8 heteroatoms. The van der Waals surface area contributed by atoms with Crippen LogP contribution in [0.25, 0.3) is 11.3 Å². The number of carbonyl (C=O) groups excluding carboxylic acids is 2. The fraction of sp³-hybridized carbons (Fsp3) is 0.600. The van der Waals surface area contributed by atoms with Crippen LogP contribution in [0.3, 0.4) is 0 Å². The molecular weight excluding hydrogens is 358 g/mol. The van der Waals surface area contributed by atoms with Crippen LogP contribution in [0.5, 0.6) is 0 Å². The van der Waals surface area contributed by atoms with Crippen molar-refractivity contribution >= 4 is 11.8 Å². The van der Waals surface area contributed by atoms with Crippen LogP contribution in [0.15, 0.2) is 23.0 Å². The van der Waals surface area contributed by atoms with Gasteiger partial charge < -0.3 is 14.3 Å². The summed E-state index contributed by atoms with van der Waals surface area (Å²) in [5, 5.41) is 8.32. The Morgan fingerprint density at radius 3 is 2.86 bits per heavy atom. The predicted molar refractivity (Wildman–Crippen MR) is 102 cm³/mol. The fourth-order valence-corrected chi connectivity index (χ4v) is 4.83. The van der Waals surface area contributed by atoms with Crippen molar-refractivity contribution in [1.82, 2.24) is 24.7 Å². The van der Waals surface area contributed by atoms with Gasteiger partial charge in [0.05, 0.1) is 17.8 Å². The molecule has 0 bridgehead atoms. The SMILES string of the molecule is CCn1cc(-c2cc(C(=O)N3CCC[C@@]4(C)[C@@H]3CCCN4C(C)=O)on2)cn1. The number of nitrogens with zero attached hydrogens (tertiary/aromatic N) is 5.